The Balaban J connectivity index is 1.86. The third-order valence-electron chi connectivity index (χ3n) is 3.10. The number of hydrogen-bond donors (Lipinski definition) is 1. The summed E-state index contributed by atoms with van der Waals surface area (Å²) in [6.07, 6.45) is 2.26. The Bertz CT molecular complexity index is 655. The number of nitrogens with one attached hydrogen (secondary N) is 1. The van der Waals surface area contributed by atoms with E-state index >= 15 is 0 Å². The van der Waals surface area contributed by atoms with Crippen molar-refractivity contribution < 1.29 is 0 Å². The van der Waals surface area contributed by atoms with E-state index in [0.717, 1.165) is 35.0 Å². The van der Waals surface area contributed by atoms with Crippen LogP contribution in [0, 0.1) is 11.3 Å². The molecule has 1 aromatic carbocycles. The lowest BCUT2D eigenvalue weighted by Gasteiger charge is -2.06. The first-order chi connectivity index (χ1) is 9.81. The molecule has 0 atom stereocenters. The van der Waals surface area contributed by atoms with E-state index in [2.05, 4.69) is 26.9 Å². The molecular formula is C13H14N6S. The van der Waals surface area contributed by atoms with Gasteiger partial charge in [-0.3, -0.25) is 0 Å². The quantitative estimate of drug-likeness (QED) is 0.902. The summed E-state index contributed by atoms with van der Waals surface area (Å²) in [7, 11) is 1.89. The highest BCUT2D eigenvalue weighted by molar-refractivity contribution is 7.99. The van der Waals surface area contributed by atoms with Gasteiger partial charge in [-0.2, -0.15) is 5.26 Å². The number of aromatic nitrogens is 4. The van der Waals surface area contributed by atoms with E-state index in [-0.39, 0.29) is 0 Å². The van der Waals surface area contributed by atoms with Crippen LogP contribution in [-0.2, 0) is 6.54 Å². The van der Waals surface area contributed by atoms with Gasteiger partial charge in [0.25, 0.3) is 0 Å². The molecule has 1 saturated carbocycles. The Kier molecular flexibility index (Phi) is 3.67. The van der Waals surface area contributed by atoms with Crippen molar-refractivity contribution in [3.05, 3.63) is 29.3 Å². The summed E-state index contributed by atoms with van der Waals surface area (Å²) < 4.78 is 1.85. The summed E-state index contributed by atoms with van der Waals surface area (Å²) in [5, 5.41) is 24.9. The molecule has 1 aliphatic carbocycles. The Labute approximate surface area is 121 Å². The first kappa shape index (κ1) is 13.1. The number of rotatable bonds is 5. The van der Waals surface area contributed by atoms with Gasteiger partial charge >= 0.3 is 0 Å². The van der Waals surface area contributed by atoms with E-state index < -0.39 is 0 Å². The van der Waals surface area contributed by atoms with Crippen molar-refractivity contribution in [1.29, 1.82) is 5.26 Å². The monoisotopic (exact) mass is 286 g/mol. The van der Waals surface area contributed by atoms with Gasteiger partial charge in [0.05, 0.1) is 11.6 Å². The maximum atomic E-state index is 9.29. The molecule has 0 bridgehead atoms. The standard InChI is InChI=1S/C13H14N6S/c1-15-8-9-2-5-12(10(6-9)7-14)20-13-16-17-18-19(13)11-3-4-11/h2,5-6,11,15H,3-4,8H2,1H3. The number of hydrogen-bond acceptors (Lipinski definition) is 6. The molecule has 0 aliphatic heterocycles. The lowest BCUT2D eigenvalue weighted by Crippen LogP contribution is -2.05. The number of nitrogens with zero attached hydrogens (tertiary/aromatic N) is 5. The molecule has 102 valence electrons. The van der Waals surface area contributed by atoms with E-state index in [4.69, 9.17) is 0 Å². The maximum absolute atomic E-state index is 9.29. The minimum Gasteiger partial charge on any atom is -0.316 e. The zero-order chi connectivity index (χ0) is 13.9. The van der Waals surface area contributed by atoms with Crippen LogP contribution >= 0.6 is 11.8 Å². The van der Waals surface area contributed by atoms with Crippen LogP contribution in [0.4, 0.5) is 0 Å². The average molecular weight is 286 g/mol. The highest BCUT2D eigenvalue weighted by Gasteiger charge is 2.28. The molecule has 0 unspecified atom stereocenters. The molecule has 0 radical (unpaired) electrons. The maximum Gasteiger partial charge on any atom is 0.214 e. The molecule has 20 heavy (non-hydrogen) atoms. The highest BCUT2D eigenvalue weighted by Crippen LogP contribution is 2.38. The molecule has 1 aromatic heterocycles. The molecule has 0 saturated heterocycles. The van der Waals surface area contributed by atoms with Gasteiger partial charge in [0, 0.05) is 11.4 Å². The number of benzene rings is 1. The molecule has 3 rings (SSSR count). The second-order valence-corrected chi connectivity index (χ2v) is 5.72. The normalized spacial score (nSPS) is 14.2. The van der Waals surface area contributed by atoms with Crippen LogP contribution in [0.1, 0.15) is 30.0 Å². The molecular weight excluding hydrogens is 272 g/mol. The molecule has 1 fully saturated rings. The Morgan fingerprint density at radius 3 is 3.05 bits per heavy atom. The van der Waals surface area contributed by atoms with Gasteiger partial charge in [-0.1, -0.05) is 6.07 Å². The molecule has 1 N–H and O–H groups in total. The van der Waals surface area contributed by atoms with Crippen molar-refractivity contribution in [3.8, 4) is 6.07 Å². The summed E-state index contributed by atoms with van der Waals surface area (Å²) >= 11 is 1.45. The van der Waals surface area contributed by atoms with Gasteiger partial charge < -0.3 is 5.32 Å². The third kappa shape index (κ3) is 2.66. The lowest BCUT2D eigenvalue weighted by molar-refractivity contribution is 0.565. The fraction of sp³-hybridized carbons (Fsp3) is 0.385. The third-order valence-corrected chi connectivity index (χ3v) is 4.13. The first-order valence-electron chi connectivity index (χ1n) is 6.45. The van der Waals surface area contributed by atoms with Crippen molar-refractivity contribution in [3.63, 3.8) is 0 Å². The molecule has 0 amide bonds. The van der Waals surface area contributed by atoms with E-state index in [9.17, 15) is 5.26 Å². The minimum absolute atomic E-state index is 0.432. The van der Waals surface area contributed by atoms with Crippen molar-refractivity contribution >= 4 is 11.8 Å². The Morgan fingerprint density at radius 1 is 1.50 bits per heavy atom. The lowest BCUT2D eigenvalue weighted by atomic mass is 10.1. The summed E-state index contributed by atoms with van der Waals surface area (Å²) in [5.74, 6) is 0. The van der Waals surface area contributed by atoms with Crippen molar-refractivity contribution in [2.24, 2.45) is 0 Å². The predicted octanol–water partition coefficient (Wildman–Crippen LogP) is 1.75. The van der Waals surface area contributed by atoms with E-state index in [1.165, 1.54) is 11.8 Å². The van der Waals surface area contributed by atoms with Crippen LogP contribution in [0.15, 0.2) is 28.3 Å². The summed E-state index contributed by atoms with van der Waals surface area (Å²) in [5.41, 5.74) is 1.75. The van der Waals surface area contributed by atoms with Crippen LogP contribution < -0.4 is 5.32 Å². The summed E-state index contributed by atoms with van der Waals surface area (Å²) in [6.45, 7) is 0.749. The summed E-state index contributed by atoms with van der Waals surface area (Å²) in [4.78, 5) is 0.893. The molecule has 1 aliphatic rings. The van der Waals surface area contributed by atoms with E-state index in [1.807, 2.05) is 29.9 Å². The summed E-state index contributed by atoms with van der Waals surface area (Å²) in [6, 6.07) is 8.56. The fourth-order valence-electron chi connectivity index (χ4n) is 1.97. The van der Waals surface area contributed by atoms with Gasteiger partial charge in [-0.15, -0.1) is 5.10 Å². The van der Waals surface area contributed by atoms with Crippen LogP contribution in [0.5, 0.6) is 0 Å². The SMILES string of the molecule is CNCc1ccc(Sc2nnnn2C2CC2)c(C#N)c1. The number of nitriles is 1. The fourth-order valence-corrected chi connectivity index (χ4v) is 2.87. The second-order valence-electron chi connectivity index (χ2n) is 4.71. The van der Waals surface area contributed by atoms with Gasteiger partial charge in [0.2, 0.25) is 5.16 Å². The largest absolute Gasteiger partial charge is 0.316 e. The van der Waals surface area contributed by atoms with Gasteiger partial charge in [-0.25, -0.2) is 4.68 Å². The molecule has 6 nitrogen and oxygen atoms in total. The van der Waals surface area contributed by atoms with Gasteiger partial charge in [0.1, 0.15) is 6.07 Å². The van der Waals surface area contributed by atoms with Crippen molar-refractivity contribution in [1.82, 2.24) is 25.5 Å². The molecule has 0 spiro atoms. The Hall–Kier alpha value is -1.91. The average Bonchev–Trinajstić information content (AvgIpc) is 3.21. The predicted molar refractivity (Wildman–Crippen MR) is 74.1 cm³/mol. The highest BCUT2D eigenvalue weighted by atomic mass is 32.2. The smallest absolute Gasteiger partial charge is 0.214 e. The first-order valence-corrected chi connectivity index (χ1v) is 7.27. The van der Waals surface area contributed by atoms with Crippen molar-refractivity contribution in [2.75, 3.05) is 7.05 Å². The van der Waals surface area contributed by atoms with Gasteiger partial charge in [0.15, 0.2) is 0 Å². The van der Waals surface area contributed by atoms with E-state index in [0.29, 0.717) is 11.6 Å². The Morgan fingerprint density at radius 2 is 2.35 bits per heavy atom. The van der Waals surface area contributed by atoms with Crippen molar-refractivity contribution in [2.45, 2.75) is 35.5 Å². The van der Waals surface area contributed by atoms with Crippen LogP contribution in [0.2, 0.25) is 0 Å². The topological polar surface area (TPSA) is 79.4 Å². The number of tetrazole rings is 1. The zero-order valence-electron chi connectivity index (χ0n) is 11.1. The minimum atomic E-state index is 0.432. The van der Waals surface area contributed by atoms with Crippen LogP contribution in [-0.4, -0.2) is 27.3 Å². The zero-order valence-corrected chi connectivity index (χ0v) is 11.9. The van der Waals surface area contributed by atoms with Gasteiger partial charge in [-0.05, 0) is 59.8 Å². The van der Waals surface area contributed by atoms with E-state index in [1.54, 1.807) is 0 Å². The van der Waals surface area contributed by atoms with Crippen LogP contribution in [0.25, 0.3) is 0 Å². The second kappa shape index (κ2) is 5.61. The molecule has 7 heteroatoms. The molecule has 2 aromatic rings. The van der Waals surface area contributed by atoms with Crippen LogP contribution in [0.3, 0.4) is 0 Å². The molecule has 1 heterocycles.